The Hall–Kier alpha value is -0.440. The Bertz CT molecular complexity index is 408. The summed E-state index contributed by atoms with van der Waals surface area (Å²) in [6, 6.07) is 0. The molecule has 2 fully saturated rings. The molecule has 8 atom stereocenters. The third-order valence-corrected chi connectivity index (χ3v) is 4.13. The molecule has 8 N–H and O–H groups in total. The number of aliphatic hydroxyl groups excluding tert-OH is 7. The first-order chi connectivity index (χ1) is 10.7. The smallest absolute Gasteiger partial charge is 0.221 e. The molecule has 0 saturated carbocycles. The van der Waals surface area contributed by atoms with Gasteiger partial charge in [-0.1, -0.05) is 0 Å². The highest BCUT2D eigenvalue weighted by Gasteiger charge is 2.59. The fraction of sp³-hybridized carbons (Fsp3) is 1.00. The van der Waals surface area contributed by atoms with Crippen LogP contribution in [0.4, 0.5) is 0 Å². The van der Waals surface area contributed by atoms with Crippen LogP contribution in [-0.4, -0.2) is 115 Å². The Morgan fingerprint density at radius 1 is 0.826 bits per heavy atom. The van der Waals surface area contributed by atoms with Crippen LogP contribution in [0.3, 0.4) is 0 Å². The van der Waals surface area contributed by atoms with Crippen LogP contribution in [0.5, 0.6) is 0 Å². The summed E-state index contributed by atoms with van der Waals surface area (Å²) in [6.45, 7) is -3.11. The van der Waals surface area contributed by atoms with Crippen molar-refractivity contribution in [2.24, 2.45) is 0 Å². The lowest BCUT2D eigenvalue weighted by Gasteiger charge is -2.34. The summed E-state index contributed by atoms with van der Waals surface area (Å²) in [6.07, 6.45) is -9.18. The van der Waals surface area contributed by atoms with Crippen LogP contribution in [0, 0.1) is 0 Å². The Kier molecular flexibility index (Phi) is 5.60. The standard InChI is InChI=1S/C12H22O11/c13-1-5-7(16)9(18)11(20,22-5)4-21-12(3-15)10(19)8(17)6(2-14)23-12/h5-10,13-20H,1-4H2/t5-,6-,7-,8-,9+,10+,11?,12-/m1/s1. The second kappa shape index (κ2) is 6.82. The SMILES string of the molecule is OC[C@H]1OC(O)(CO[C@]2(CO)O[C@H](CO)[C@@H](O)[C@@H]2O)[C@@H](O)[C@@H]1O. The van der Waals surface area contributed by atoms with Gasteiger partial charge < -0.3 is 55.1 Å². The van der Waals surface area contributed by atoms with Crippen molar-refractivity contribution in [3.8, 4) is 0 Å². The lowest BCUT2D eigenvalue weighted by atomic mass is 10.0. The maximum atomic E-state index is 10.2. The first kappa shape index (κ1) is 18.9. The molecule has 2 aliphatic rings. The molecule has 0 radical (unpaired) electrons. The van der Waals surface area contributed by atoms with E-state index in [1.54, 1.807) is 0 Å². The lowest BCUT2D eigenvalue weighted by molar-refractivity contribution is -0.328. The van der Waals surface area contributed by atoms with Gasteiger partial charge in [0.15, 0.2) is 0 Å². The first-order valence-corrected chi connectivity index (χ1v) is 7.01. The normalized spacial score (nSPS) is 50.6. The predicted octanol–water partition coefficient (Wildman–Crippen LogP) is -5.39. The van der Waals surface area contributed by atoms with E-state index < -0.39 is 74.6 Å². The van der Waals surface area contributed by atoms with E-state index in [0.717, 1.165) is 0 Å². The van der Waals surface area contributed by atoms with Gasteiger partial charge in [0, 0.05) is 0 Å². The second-order valence-electron chi connectivity index (χ2n) is 5.65. The highest BCUT2D eigenvalue weighted by atomic mass is 16.8. The van der Waals surface area contributed by atoms with Crippen molar-refractivity contribution < 1.29 is 55.1 Å². The average Bonchev–Trinajstić information content (AvgIpc) is 2.93. The summed E-state index contributed by atoms with van der Waals surface area (Å²) in [4.78, 5) is 0. The first-order valence-electron chi connectivity index (χ1n) is 7.01. The third kappa shape index (κ3) is 3.10. The molecule has 0 amide bonds. The lowest BCUT2D eigenvalue weighted by Crippen LogP contribution is -2.54. The van der Waals surface area contributed by atoms with Crippen LogP contribution in [0.15, 0.2) is 0 Å². The molecule has 2 rings (SSSR count). The summed E-state index contributed by atoms with van der Waals surface area (Å²) in [7, 11) is 0. The molecule has 23 heavy (non-hydrogen) atoms. The van der Waals surface area contributed by atoms with Crippen molar-refractivity contribution in [2.45, 2.75) is 48.2 Å². The highest BCUT2D eigenvalue weighted by Crippen LogP contribution is 2.35. The Morgan fingerprint density at radius 2 is 1.35 bits per heavy atom. The molecule has 2 aliphatic heterocycles. The van der Waals surface area contributed by atoms with Crippen molar-refractivity contribution in [1.82, 2.24) is 0 Å². The minimum absolute atomic E-state index is 0.655. The molecule has 11 nitrogen and oxygen atoms in total. The number of rotatable bonds is 6. The molecule has 0 bridgehead atoms. The summed E-state index contributed by atoms with van der Waals surface area (Å²) >= 11 is 0. The molecule has 2 saturated heterocycles. The van der Waals surface area contributed by atoms with E-state index in [1.807, 2.05) is 0 Å². The van der Waals surface area contributed by atoms with Crippen LogP contribution in [0.2, 0.25) is 0 Å². The Balaban J connectivity index is 2.09. The molecule has 136 valence electrons. The number of ether oxygens (including phenoxy) is 3. The van der Waals surface area contributed by atoms with Crippen molar-refractivity contribution >= 4 is 0 Å². The van der Waals surface area contributed by atoms with Gasteiger partial charge in [-0.25, -0.2) is 0 Å². The van der Waals surface area contributed by atoms with Gasteiger partial charge in [-0.15, -0.1) is 0 Å². The van der Waals surface area contributed by atoms with Crippen LogP contribution in [0.1, 0.15) is 0 Å². The minimum Gasteiger partial charge on any atom is -0.394 e. The number of aliphatic hydroxyl groups is 8. The van der Waals surface area contributed by atoms with Crippen molar-refractivity contribution in [2.75, 3.05) is 26.4 Å². The van der Waals surface area contributed by atoms with E-state index in [-0.39, 0.29) is 0 Å². The monoisotopic (exact) mass is 342 g/mol. The molecule has 0 aromatic rings. The molecule has 2 heterocycles. The van der Waals surface area contributed by atoms with E-state index in [4.69, 9.17) is 24.4 Å². The molecule has 0 spiro atoms. The van der Waals surface area contributed by atoms with Crippen LogP contribution in [0.25, 0.3) is 0 Å². The van der Waals surface area contributed by atoms with Crippen molar-refractivity contribution in [3.63, 3.8) is 0 Å². The minimum atomic E-state index is -2.43. The molecule has 11 heteroatoms. The number of hydrogen-bond donors (Lipinski definition) is 8. The number of hydrogen-bond acceptors (Lipinski definition) is 11. The third-order valence-electron chi connectivity index (χ3n) is 4.13. The Labute approximate surface area is 130 Å². The average molecular weight is 342 g/mol. The van der Waals surface area contributed by atoms with E-state index in [9.17, 15) is 30.6 Å². The summed E-state index contributed by atoms with van der Waals surface area (Å²) in [5.74, 6) is -4.59. The fourth-order valence-corrected chi connectivity index (χ4v) is 2.66. The molecular formula is C12H22O11. The fourth-order valence-electron chi connectivity index (χ4n) is 2.66. The van der Waals surface area contributed by atoms with Gasteiger partial charge in [-0.05, 0) is 0 Å². The quantitative estimate of drug-likeness (QED) is 0.230. The van der Waals surface area contributed by atoms with Gasteiger partial charge in [-0.2, -0.15) is 0 Å². The van der Waals surface area contributed by atoms with Gasteiger partial charge in [-0.3, -0.25) is 0 Å². The highest BCUT2D eigenvalue weighted by molar-refractivity contribution is 4.99. The van der Waals surface area contributed by atoms with E-state index in [0.29, 0.717) is 0 Å². The molecule has 0 aliphatic carbocycles. The zero-order chi connectivity index (χ0) is 17.4. The summed E-state index contributed by atoms with van der Waals surface area (Å²) < 4.78 is 15.2. The Morgan fingerprint density at radius 3 is 1.78 bits per heavy atom. The summed E-state index contributed by atoms with van der Waals surface area (Å²) in [5, 5.41) is 76.7. The predicted molar refractivity (Wildman–Crippen MR) is 68.7 cm³/mol. The molecular weight excluding hydrogens is 320 g/mol. The van der Waals surface area contributed by atoms with Gasteiger partial charge in [0.1, 0.15) is 49.8 Å². The summed E-state index contributed by atoms with van der Waals surface area (Å²) in [5.41, 5.74) is 0. The maximum absolute atomic E-state index is 10.2. The zero-order valence-electron chi connectivity index (χ0n) is 12.1. The van der Waals surface area contributed by atoms with Gasteiger partial charge in [0.05, 0.1) is 13.2 Å². The van der Waals surface area contributed by atoms with E-state index in [1.165, 1.54) is 0 Å². The molecule has 1 unspecified atom stereocenters. The van der Waals surface area contributed by atoms with Crippen LogP contribution < -0.4 is 0 Å². The second-order valence-corrected chi connectivity index (χ2v) is 5.65. The van der Waals surface area contributed by atoms with Crippen LogP contribution in [-0.2, 0) is 14.2 Å². The zero-order valence-corrected chi connectivity index (χ0v) is 12.1. The van der Waals surface area contributed by atoms with Gasteiger partial charge >= 0.3 is 0 Å². The van der Waals surface area contributed by atoms with E-state index >= 15 is 0 Å². The van der Waals surface area contributed by atoms with Crippen LogP contribution >= 0.6 is 0 Å². The van der Waals surface area contributed by atoms with E-state index in [2.05, 4.69) is 0 Å². The van der Waals surface area contributed by atoms with Gasteiger partial charge in [0.25, 0.3) is 0 Å². The molecule has 0 aromatic heterocycles. The van der Waals surface area contributed by atoms with Crippen molar-refractivity contribution in [3.05, 3.63) is 0 Å². The van der Waals surface area contributed by atoms with Gasteiger partial charge in [0.2, 0.25) is 11.6 Å². The molecule has 0 aromatic carbocycles. The largest absolute Gasteiger partial charge is 0.394 e. The van der Waals surface area contributed by atoms with Crippen molar-refractivity contribution in [1.29, 1.82) is 0 Å². The maximum Gasteiger partial charge on any atom is 0.221 e. The topological polar surface area (TPSA) is 190 Å².